The number of benzene rings is 1. The first-order valence-electron chi connectivity index (χ1n) is 4.95. The van der Waals surface area contributed by atoms with Crippen LogP contribution in [0.25, 0.3) is 0 Å². The van der Waals surface area contributed by atoms with Crippen molar-refractivity contribution >= 4 is 11.6 Å². The van der Waals surface area contributed by atoms with Gasteiger partial charge in [-0.3, -0.25) is 0 Å². The third-order valence-electron chi connectivity index (χ3n) is 2.32. The number of ether oxygens (including phenoxy) is 2. The van der Waals surface area contributed by atoms with Crippen LogP contribution in [-0.4, -0.2) is 18.3 Å². The Morgan fingerprint density at radius 2 is 1.87 bits per heavy atom. The Balaban J connectivity index is 2.42. The number of aliphatic hydroxyl groups is 1. The smallest absolute Gasteiger partial charge is 0.162 e. The molecular weight excluding hydrogens is 216 g/mol. The van der Waals surface area contributed by atoms with Crippen LogP contribution in [0, 0.1) is 0 Å². The molecule has 0 bridgehead atoms. The Morgan fingerprint density at radius 3 is 2.47 bits per heavy atom. The van der Waals surface area contributed by atoms with Crippen molar-refractivity contribution in [3.05, 3.63) is 22.7 Å². The van der Waals surface area contributed by atoms with Gasteiger partial charge in [0.1, 0.15) is 0 Å². The van der Waals surface area contributed by atoms with E-state index < -0.39 is 6.10 Å². The maximum absolute atomic E-state index is 9.50. The van der Waals surface area contributed by atoms with Crippen molar-refractivity contribution < 1.29 is 14.6 Å². The maximum atomic E-state index is 9.50. The first-order chi connectivity index (χ1) is 7.18. The summed E-state index contributed by atoms with van der Waals surface area (Å²) in [5, 5.41) is 10.0. The lowest BCUT2D eigenvalue weighted by atomic mass is 10.1. The molecule has 0 unspecified atom stereocenters. The van der Waals surface area contributed by atoms with Crippen LogP contribution in [0.2, 0.25) is 5.02 Å². The molecule has 82 valence electrons. The van der Waals surface area contributed by atoms with E-state index in [4.69, 9.17) is 21.1 Å². The fourth-order valence-corrected chi connectivity index (χ4v) is 1.83. The second-order valence-electron chi connectivity index (χ2n) is 3.55. The average Bonchev–Trinajstić information content (AvgIpc) is 2.40. The summed E-state index contributed by atoms with van der Waals surface area (Å²) in [7, 11) is 0. The van der Waals surface area contributed by atoms with E-state index in [1.54, 1.807) is 19.1 Å². The summed E-state index contributed by atoms with van der Waals surface area (Å²) in [6, 6.07) is 3.44. The van der Waals surface area contributed by atoms with Gasteiger partial charge < -0.3 is 14.6 Å². The predicted octanol–water partition coefficient (Wildman–Crippen LogP) is 2.55. The van der Waals surface area contributed by atoms with Gasteiger partial charge in [0.25, 0.3) is 0 Å². The Kier molecular flexibility index (Phi) is 3.03. The van der Waals surface area contributed by atoms with E-state index in [1.165, 1.54) is 0 Å². The van der Waals surface area contributed by atoms with Crippen LogP contribution in [0.4, 0.5) is 0 Å². The highest BCUT2D eigenvalue weighted by atomic mass is 35.5. The highest BCUT2D eigenvalue weighted by Gasteiger charge is 2.16. The first kappa shape index (κ1) is 10.6. The van der Waals surface area contributed by atoms with Gasteiger partial charge in [0.05, 0.1) is 24.3 Å². The Morgan fingerprint density at radius 1 is 1.27 bits per heavy atom. The number of halogens is 1. The average molecular weight is 229 g/mol. The molecule has 1 atom stereocenters. The number of hydrogen-bond donors (Lipinski definition) is 1. The van der Waals surface area contributed by atoms with Gasteiger partial charge in [-0.05, 0) is 13.0 Å². The molecule has 1 aliphatic heterocycles. The van der Waals surface area contributed by atoms with E-state index in [0.717, 1.165) is 6.42 Å². The fourth-order valence-electron chi connectivity index (χ4n) is 1.52. The van der Waals surface area contributed by atoms with Gasteiger partial charge in [0.2, 0.25) is 0 Å². The van der Waals surface area contributed by atoms with Gasteiger partial charge in [0, 0.05) is 18.1 Å². The second-order valence-corrected chi connectivity index (χ2v) is 3.95. The minimum absolute atomic E-state index is 0.509. The molecule has 1 heterocycles. The van der Waals surface area contributed by atoms with E-state index >= 15 is 0 Å². The number of aliphatic hydroxyl groups excluding tert-OH is 1. The van der Waals surface area contributed by atoms with Crippen molar-refractivity contribution in [3.63, 3.8) is 0 Å². The zero-order valence-electron chi connectivity index (χ0n) is 8.50. The van der Waals surface area contributed by atoms with E-state index in [-0.39, 0.29) is 0 Å². The van der Waals surface area contributed by atoms with Crippen LogP contribution in [0.5, 0.6) is 11.5 Å². The molecule has 0 aliphatic carbocycles. The molecule has 1 aromatic rings. The standard InChI is InChI=1S/C11H13ClO3/c1-7(13)8-5-10-11(6-9(8)12)15-4-2-3-14-10/h5-7,13H,2-4H2,1H3/t7-/m0/s1. The van der Waals surface area contributed by atoms with Crippen molar-refractivity contribution in [2.45, 2.75) is 19.4 Å². The summed E-state index contributed by atoms with van der Waals surface area (Å²) >= 11 is 6.01. The molecule has 0 spiro atoms. The normalized spacial score (nSPS) is 17.0. The molecule has 0 fully saturated rings. The van der Waals surface area contributed by atoms with Crippen LogP contribution in [-0.2, 0) is 0 Å². The molecule has 1 N–H and O–H groups in total. The first-order valence-corrected chi connectivity index (χ1v) is 5.33. The zero-order valence-corrected chi connectivity index (χ0v) is 9.25. The fraction of sp³-hybridized carbons (Fsp3) is 0.455. The molecular formula is C11H13ClO3. The van der Waals surface area contributed by atoms with Gasteiger partial charge in [-0.25, -0.2) is 0 Å². The summed E-state index contributed by atoms with van der Waals surface area (Å²) in [6.45, 7) is 2.94. The molecule has 0 radical (unpaired) electrons. The second kappa shape index (κ2) is 4.29. The van der Waals surface area contributed by atoms with Crippen LogP contribution < -0.4 is 9.47 Å². The van der Waals surface area contributed by atoms with E-state index in [1.807, 2.05) is 0 Å². The summed E-state index contributed by atoms with van der Waals surface area (Å²) < 4.78 is 11.0. The molecule has 3 nitrogen and oxygen atoms in total. The monoisotopic (exact) mass is 228 g/mol. The molecule has 4 heteroatoms. The van der Waals surface area contributed by atoms with Crippen molar-refractivity contribution in [2.75, 3.05) is 13.2 Å². The third-order valence-corrected chi connectivity index (χ3v) is 2.64. The van der Waals surface area contributed by atoms with Crippen molar-refractivity contribution in [1.29, 1.82) is 0 Å². The van der Waals surface area contributed by atoms with Crippen molar-refractivity contribution in [1.82, 2.24) is 0 Å². The number of rotatable bonds is 1. The zero-order chi connectivity index (χ0) is 10.8. The maximum Gasteiger partial charge on any atom is 0.162 e. The van der Waals surface area contributed by atoms with Crippen LogP contribution in [0.3, 0.4) is 0 Å². The summed E-state index contributed by atoms with van der Waals surface area (Å²) in [4.78, 5) is 0. The molecule has 1 aliphatic rings. The number of hydrogen-bond acceptors (Lipinski definition) is 3. The minimum Gasteiger partial charge on any atom is -0.490 e. The Labute approximate surface area is 93.6 Å². The molecule has 0 aromatic heterocycles. The lowest BCUT2D eigenvalue weighted by Crippen LogP contribution is -1.97. The predicted molar refractivity (Wildman–Crippen MR) is 57.7 cm³/mol. The quantitative estimate of drug-likeness (QED) is 0.803. The molecule has 0 amide bonds. The van der Waals surface area contributed by atoms with E-state index in [0.29, 0.717) is 35.3 Å². The Hall–Kier alpha value is -0.930. The summed E-state index contributed by atoms with van der Waals surface area (Å²) in [5.41, 5.74) is 0.668. The van der Waals surface area contributed by atoms with Crippen LogP contribution in [0.15, 0.2) is 12.1 Å². The summed E-state index contributed by atoms with van der Waals surface area (Å²) in [6.07, 6.45) is 0.255. The highest BCUT2D eigenvalue weighted by molar-refractivity contribution is 6.31. The largest absolute Gasteiger partial charge is 0.490 e. The van der Waals surface area contributed by atoms with Crippen LogP contribution in [0.1, 0.15) is 25.0 Å². The Bertz CT molecular complexity index is 363. The van der Waals surface area contributed by atoms with Crippen molar-refractivity contribution in [2.24, 2.45) is 0 Å². The van der Waals surface area contributed by atoms with Gasteiger partial charge in [-0.15, -0.1) is 0 Å². The van der Waals surface area contributed by atoms with Gasteiger partial charge >= 0.3 is 0 Å². The lowest BCUT2D eigenvalue weighted by molar-refractivity contribution is 0.198. The highest BCUT2D eigenvalue weighted by Crippen LogP contribution is 2.37. The van der Waals surface area contributed by atoms with E-state index in [2.05, 4.69) is 0 Å². The molecule has 0 saturated heterocycles. The van der Waals surface area contributed by atoms with Gasteiger partial charge in [0.15, 0.2) is 11.5 Å². The van der Waals surface area contributed by atoms with Crippen LogP contribution >= 0.6 is 11.6 Å². The number of fused-ring (bicyclic) bond motifs is 1. The van der Waals surface area contributed by atoms with E-state index in [9.17, 15) is 5.11 Å². The minimum atomic E-state index is -0.602. The topological polar surface area (TPSA) is 38.7 Å². The lowest BCUT2D eigenvalue weighted by Gasteiger charge is -2.12. The SMILES string of the molecule is C[C@H](O)c1cc2c(cc1Cl)OCCCO2. The molecule has 1 aromatic carbocycles. The summed E-state index contributed by atoms with van der Waals surface area (Å²) in [5.74, 6) is 1.31. The van der Waals surface area contributed by atoms with Crippen molar-refractivity contribution in [3.8, 4) is 11.5 Å². The molecule has 15 heavy (non-hydrogen) atoms. The molecule has 2 rings (SSSR count). The van der Waals surface area contributed by atoms with Gasteiger partial charge in [-0.2, -0.15) is 0 Å². The van der Waals surface area contributed by atoms with Gasteiger partial charge in [-0.1, -0.05) is 11.6 Å². The third kappa shape index (κ3) is 2.19. The molecule has 0 saturated carbocycles.